The van der Waals surface area contributed by atoms with Gasteiger partial charge in [-0.15, -0.1) is 0 Å². The van der Waals surface area contributed by atoms with E-state index in [4.69, 9.17) is 0 Å². The average Bonchev–Trinajstić information content (AvgIpc) is 3.21. The Labute approximate surface area is 207 Å². The van der Waals surface area contributed by atoms with Crippen molar-refractivity contribution in [3.8, 4) is 17.7 Å². The van der Waals surface area contributed by atoms with E-state index in [1.807, 2.05) is 0 Å². The smallest absolute Gasteiger partial charge is 0.438 e. The number of alkyl halides is 3. The molecular formula is C23H21F3N6O5. The Bertz CT molecular complexity index is 1590. The summed E-state index contributed by atoms with van der Waals surface area (Å²) in [6.45, 7) is 3.00. The van der Waals surface area contributed by atoms with Crippen molar-refractivity contribution in [3.05, 3.63) is 50.7 Å². The maximum Gasteiger partial charge on any atom is 0.490 e. The lowest BCUT2D eigenvalue weighted by atomic mass is 10.1. The third-order valence-corrected chi connectivity index (χ3v) is 5.68. The lowest BCUT2D eigenvalue weighted by Gasteiger charge is -2.33. The number of aromatic nitrogens is 4. The van der Waals surface area contributed by atoms with Gasteiger partial charge in [0.05, 0.1) is 12.2 Å². The SMILES string of the molecule is CC#Cn1c(N2CCNC(OC(=O)C(F)(F)F)C2)nc2c1c(=O)n(C)c(=O)n2-c1cccc(C(C)=O)c1. The highest BCUT2D eigenvalue weighted by atomic mass is 19.4. The van der Waals surface area contributed by atoms with Crippen molar-refractivity contribution in [1.29, 1.82) is 0 Å². The number of carbonyl (C=O) groups is 2. The molecule has 1 N–H and O–H groups in total. The first-order chi connectivity index (χ1) is 17.4. The molecule has 1 fully saturated rings. The van der Waals surface area contributed by atoms with Gasteiger partial charge in [-0.25, -0.2) is 18.7 Å². The summed E-state index contributed by atoms with van der Waals surface area (Å²) in [6.07, 6.45) is -6.48. The molecule has 0 spiro atoms. The largest absolute Gasteiger partial charge is 0.490 e. The van der Waals surface area contributed by atoms with Crippen molar-refractivity contribution < 1.29 is 27.5 Å². The van der Waals surface area contributed by atoms with Crippen molar-refractivity contribution in [2.24, 2.45) is 7.05 Å². The van der Waals surface area contributed by atoms with Gasteiger partial charge < -0.3 is 9.64 Å². The van der Waals surface area contributed by atoms with Crippen LogP contribution in [0.15, 0.2) is 33.9 Å². The summed E-state index contributed by atoms with van der Waals surface area (Å²) in [6, 6.07) is 8.95. The van der Waals surface area contributed by atoms with Crippen LogP contribution in [0.1, 0.15) is 24.2 Å². The van der Waals surface area contributed by atoms with Crippen molar-refractivity contribution in [3.63, 3.8) is 0 Å². The molecule has 0 radical (unpaired) electrons. The van der Waals surface area contributed by atoms with Crippen LogP contribution in [0.5, 0.6) is 0 Å². The normalized spacial score (nSPS) is 15.8. The van der Waals surface area contributed by atoms with Crippen LogP contribution in [-0.4, -0.2) is 62.5 Å². The third-order valence-electron chi connectivity index (χ3n) is 5.68. The molecule has 3 aromatic rings. The van der Waals surface area contributed by atoms with Gasteiger partial charge >= 0.3 is 17.8 Å². The van der Waals surface area contributed by atoms with Crippen LogP contribution >= 0.6 is 0 Å². The minimum Gasteiger partial charge on any atom is -0.438 e. The second-order valence-corrected chi connectivity index (χ2v) is 8.16. The topological polar surface area (TPSA) is 120 Å². The fraction of sp³-hybridized carbons (Fsp3) is 0.348. The van der Waals surface area contributed by atoms with E-state index in [0.717, 1.165) is 9.13 Å². The van der Waals surface area contributed by atoms with Gasteiger partial charge in [0.15, 0.2) is 23.2 Å². The molecular weight excluding hydrogens is 497 g/mol. The highest BCUT2D eigenvalue weighted by Gasteiger charge is 2.43. The summed E-state index contributed by atoms with van der Waals surface area (Å²) in [5.41, 5.74) is -0.935. The molecule has 37 heavy (non-hydrogen) atoms. The van der Waals surface area contributed by atoms with Gasteiger partial charge in [0.2, 0.25) is 5.95 Å². The summed E-state index contributed by atoms with van der Waals surface area (Å²) in [5.74, 6) is 0.151. The van der Waals surface area contributed by atoms with Gasteiger partial charge in [-0.3, -0.25) is 19.5 Å². The van der Waals surface area contributed by atoms with Crippen LogP contribution < -0.4 is 21.5 Å². The first-order valence-corrected chi connectivity index (χ1v) is 11.0. The van der Waals surface area contributed by atoms with Crippen molar-refractivity contribution in [2.75, 3.05) is 24.5 Å². The molecule has 1 unspecified atom stereocenters. The number of carbonyl (C=O) groups excluding carboxylic acids is 2. The number of hydrogen-bond acceptors (Lipinski definition) is 8. The van der Waals surface area contributed by atoms with Crippen LogP contribution in [0, 0.1) is 12.0 Å². The number of nitrogens with one attached hydrogen (secondary N) is 1. The lowest BCUT2D eigenvalue weighted by Crippen LogP contribution is -2.54. The van der Waals surface area contributed by atoms with Crippen LogP contribution in [-0.2, 0) is 16.6 Å². The van der Waals surface area contributed by atoms with E-state index < -0.39 is 29.6 Å². The molecule has 1 saturated heterocycles. The number of esters is 1. The number of nitrogens with zero attached hydrogens (tertiary/aromatic N) is 5. The number of fused-ring (bicyclic) bond motifs is 1. The van der Waals surface area contributed by atoms with Crippen LogP contribution in [0.3, 0.4) is 0 Å². The zero-order chi connectivity index (χ0) is 27.1. The Balaban J connectivity index is 1.90. The quantitative estimate of drug-likeness (QED) is 0.306. The third kappa shape index (κ3) is 4.73. The van der Waals surface area contributed by atoms with E-state index in [1.165, 1.54) is 36.4 Å². The predicted molar refractivity (Wildman–Crippen MR) is 126 cm³/mol. The van der Waals surface area contributed by atoms with Gasteiger partial charge in [-0.1, -0.05) is 18.1 Å². The highest BCUT2D eigenvalue weighted by molar-refractivity contribution is 5.94. The number of piperazine rings is 1. The second-order valence-electron chi connectivity index (χ2n) is 8.16. The number of anilines is 1. The molecule has 3 heterocycles. The van der Waals surface area contributed by atoms with Gasteiger partial charge in [0.1, 0.15) is 0 Å². The number of imidazole rings is 1. The first kappa shape index (κ1) is 25.7. The number of ketones is 1. The molecule has 1 aliphatic rings. The number of rotatable bonds is 4. The van der Waals surface area contributed by atoms with E-state index in [-0.39, 0.29) is 48.2 Å². The van der Waals surface area contributed by atoms with Gasteiger partial charge in [-0.2, -0.15) is 18.2 Å². The predicted octanol–water partition coefficient (Wildman–Crippen LogP) is 0.759. The van der Waals surface area contributed by atoms with E-state index >= 15 is 0 Å². The first-order valence-electron chi connectivity index (χ1n) is 11.0. The molecule has 4 rings (SSSR count). The van der Waals surface area contributed by atoms with Gasteiger partial charge in [-0.05, 0) is 26.0 Å². The molecule has 1 atom stereocenters. The van der Waals surface area contributed by atoms with Crippen LogP contribution in [0.25, 0.3) is 16.9 Å². The Morgan fingerprint density at radius 1 is 1.24 bits per heavy atom. The van der Waals surface area contributed by atoms with Crippen LogP contribution in [0.2, 0.25) is 0 Å². The Morgan fingerprint density at radius 2 is 1.97 bits per heavy atom. The fourth-order valence-corrected chi connectivity index (χ4v) is 3.93. The van der Waals surface area contributed by atoms with E-state index in [1.54, 1.807) is 18.2 Å². The zero-order valence-corrected chi connectivity index (χ0v) is 19.9. The van der Waals surface area contributed by atoms with E-state index in [0.29, 0.717) is 5.56 Å². The maximum absolute atomic E-state index is 13.2. The fourth-order valence-electron chi connectivity index (χ4n) is 3.93. The number of benzene rings is 1. The molecule has 0 saturated carbocycles. The second kappa shape index (κ2) is 9.58. The standard InChI is InChI=1S/C23H21F3N6O5/c1-4-9-31-17-18(28-21(31)30-10-8-27-16(12-30)37-20(35)23(24,25)26)32(22(36)29(3)19(17)34)15-7-5-6-14(11-15)13(2)33/h5-7,11,16,27H,8,10,12H2,1-3H3. The number of Topliss-reactive ketones (excluding diaryl/α,β-unsaturated/α-hetero) is 1. The maximum atomic E-state index is 13.2. The zero-order valence-electron chi connectivity index (χ0n) is 19.9. The summed E-state index contributed by atoms with van der Waals surface area (Å²) in [4.78, 5) is 55.6. The Kier molecular flexibility index (Phi) is 6.66. The molecule has 1 aliphatic heterocycles. The summed E-state index contributed by atoms with van der Waals surface area (Å²) < 4.78 is 45.9. The molecule has 1 aromatic carbocycles. The summed E-state index contributed by atoms with van der Waals surface area (Å²) in [5, 5.41) is 2.68. The van der Waals surface area contributed by atoms with E-state index in [9.17, 15) is 32.3 Å². The van der Waals surface area contributed by atoms with Crippen molar-refractivity contribution >= 4 is 28.9 Å². The molecule has 14 heteroatoms. The summed E-state index contributed by atoms with van der Waals surface area (Å²) in [7, 11) is 1.28. The average molecular weight is 518 g/mol. The molecule has 0 amide bonds. The Hall–Kier alpha value is -4.38. The van der Waals surface area contributed by atoms with E-state index in [2.05, 4.69) is 27.0 Å². The number of halogens is 3. The molecule has 194 valence electrons. The molecule has 0 aliphatic carbocycles. The summed E-state index contributed by atoms with van der Waals surface area (Å²) >= 11 is 0. The number of ether oxygens (including phenoxy) is 1. The minimum absolute atomic E-state index is 0.0537. The van der Waals surface area contributed by atoms with Gasteiger partial charge in [0.25, 0.3) is 5.56 Å². The molecule has 0 bridgehead atoms. The monoisotopic (exact) mass is 518 g/mol. The van der Waals surface area contributed by atoms with Crippen molar-refractivity contribution in [1.82, 2.24) is 24.0 Å². The lowest BCUT2D eigenvalue weighted by molar-refractivity contribution is -0.206. The van der Waals surface area contributed by atoms with Crippen molar-refractivity contribution in [2.45, 2.75) is 26.3 Å². The van der Waals surface area contributed by atoms with Gasteiger partial charge in [0, 0.05) is 31.7 Å². The molecule has 2 aromatic heterocycles. The van der Waals surface area contributed by atoms with Crippen LogP contribution in [0.4, 0.5) is 19.1 Å². The Morgan fingerprint density at radius 3 is 2.62 bits per heavy atom. The number of hydrogen-bond donors (Lipinski definition) is 1. The molecule has 11 nitrogen and oxygen atoms in total. The highest BCUT2D eigenvalue weighted by Crippen LogP contribution is 2.24. The minimum atomic E-state index is -5.17.